The molecule has 6 heteroatoms. The molecule has 0 heterocycles. The van der Waals surface area contributed by atoms with Crippen molar-refractivity contribution in [3.63, 3.8) is 0 Å². The molecule has 17 heavy (non-hydrogen) atoms. The highest BCUT2D eigenvalue weighted by Gasteiger charge is 2.11. The lowest BCUT2D eigenvalue weighted by molar-refractivity contribution is -0.384. The zero-order valence-electron chi connectivity index (χ0n) is 8.77. The Bertz CT molecular complexity index is 485. The number of nitrogens with zero attached hydrogens (tertiary/aromatic N) is 1. The molecule has 0 aliphatic heterocycles. The van der Waals surface area contributed by atoms with Gasteiger partial charge < -0.3 is 5.73 Å². The van der Waals surface area contributed by atoms with Gasteiger partial charge in [0.1, 0.15) is 0 Å². The standard InChI is InChI=1S/C11H9ClN2O3/c12-4-2-1-3-8-5-9(11(13)15)7-10(6-8)14(16)17/h5-7H,2,4H2,(H2,13,15). The van der Waals surface area contributed by atoms with Crippen LogP contribution < -0.4 is 5.73 Å². The first-order valence-electron chi connectivity index (χ1n) is 4.68. The van der Waals surface area contributed by atoms with Gasteiger partial charge in [-0.15, -0.1) is 11.6 Å². The summed E-state index contributed by atoms with van der Waals surface area (Å²) < 4.78 is 0. The number of benzene rings is 1. The number of primary amides is 1. The first kappa shape index (κ1) is 13.0. The Morgan fingerprint density at radius 2 is 2.18 bits per heavy atom. The first-order valence-corrected chi connectivity index (χ1v) is 5.22. The fourth-order valence-electron chi connectivity index (χ4n) is 1.14. The molecule has 0 spiro atoms. The number of nitro benzene ring substituents is 1. The van der Waals surface area contributed by atoms with E-state index in [1.165, 1.54) is 12.1 Å². The smallest absolute Gasteiger partial charge is 0.271 e. The number of nitro groups is 1. The van der Waals surface area contributed by atoms with Crippen molar-refractivity contribution >= 4 is 23.2 Å². The van der Waals surface area contributed by atoms with Crippen molar-refractivity contribution in [3.8, 4) is 11.8 Å². The second-order valence-corrected chi connectivity index (χ2v) is 3.51. The molecular weight excluding hydrogens is 244 g/mol. The maximum absolute atomic E-state index is 11.0. The monoisotopic (exact) mass is 252 g/mol. The highest BCUT2D eigenvalue weighted by atomic mass is 35.5. The summed E-state index contributed by atoms with van der Waals surface area (Å²) in [7, 11) is 0. The molecule has 1 aromatic carbocycles. The summed E-state index contributed by atoms with van der Waals surface area (Å²) in [5, 5.41) is 10.6. The molecule has 0 saturated carbocycles. The molecule has 0 bridgehead atoms. The van der Waals surface area contributed by atoms with E-state index in [0.717, 1.165) is 6.07 Å². The number of halogens is 1. The number of hydrogen-bond acceptors (Lipinski definition) is 3. The van der Waals surface area contributed by atoms with Crippen molar-refractivity contribution in [2.75, 3.05) is 5.88 Å². The molecule has 0 atom stereocenters. The van der Waals surface area contributed by atoms with Crippen LogP contribution >= 0.6 is 11.6 Å². The van der Waals surface area contributed by atoms with Crippen molar-refractivity contribution in [1.29, 1.82) is 0 Å². The van der Waals surface area contributed by atoms with E-state index in [0.29, 0.717) is 17.9 Å². The van der Waals surface area contributed by atoms with Gasteiger partial charge in [-0.2, -0.15) is 0 Å². The third-order valence-corrected chi connectivity index (χ3v) is 2.05. The van der Waals surface area contributed by atoms with Crippen LogP contribution in [-0.2, 0) is 0 Å². The second-order valence-electron chi connectivity index (χ2n) is 3.13. The quantitative estimate of drug-likeness (QED) is 0.384. The van der Waals surface area contributed by atoms with Crippen LogP contribution in [0.5, 0.6) is 0 Å². The summed E-state index contributed by atoms with van der Waals surface area (Å²) in [6.45, 7) is 0. The Balaban J connectivity index is 3.18. The second kappa shape index (κ2) is 5.87. The molecule has 0 saturated heterocycles. The number of non-ortho nitro benzene ring substituents is 1. The van der Waals surface area contributed by atoms with Crippen LogP contribution in [0.3, 0.4) is 0 Å². The third kappa shape index (κ3) is 3.78. The molecule has 88 valence electrons. The van der Waals surface area contributed by atoms with Gasteiger partial charge in [0.15, 0.2) is 0 Å². The van der Waals surface area contributed by atoms with E-state index < -0.39 is 10.8 Å². The SMILES string of the molecule is NC(=O)c1cc(C#CCCCl)cc([N+](=O)[O-])c1. The third-order valence-electron chi connectivity index (χ3n) is 1.87. The molecule has 1 rings (SSSR count). The average Bonchev–Trinajstić information content (AvgIpc) is 2.29. The maximum atomic E-state index is 11.0. The number of carbonyl (C=O) groups is 1. The zero-order chi connectivity index (χ0) is 12.8. The summed E-state index contributed by atoms with van der Waals surface area (Å²) in [4.78, 5) is 21.0. The molecule has 0 aromatic heterocycles. The van der Waals surface area contributed by atoms with Crippen LogP contribution in [0.2, 0.25) is 0 Å². The first-order chi connectivity index (χ1) is 8.04. The number of nitrogens with two attached hydrogens (primary N) is 1. The molecule has 5 nitrogen and oxygen atoms in total. The van der Waals surface area contributed by atoms with E-state index in [1.807, 2.05) is 0 Å². The van der Waals surface area contributed by atoms with Gasteiger partial charge >= 0.3 is 0 Å². The van der Waals surface area contributed by atoms with Crippen LogP contribution in [0.15, 0.2) is 18.2 Å². The molecule has 1 aromatic rings. The van der Waals surface area contributed by atoms with Crippen LogP contribution in [0.25, 0.3) is 0 Å². The van der Waals surface area contributed by atoms with Crippen LogP contribution in [0, 0.1) is 22.0 Å². The zero-order valence-corrected chi connectivity index (χ0v) is 9.53. The molecule has 0 fully saturated rings. The Hall–Kier alpha value is -2.06. The lowest BCUT2D eigenvalue weighted by Crippen LogP contribution is -2.11. The molecule has 1 amide bonds. The van der Waals surface area contributed by atoms with E-state index in [-0.39, 0.29) is 11.3 Å². The number of amides is 1. The van der Waals surface area contributed by atoms with Crippen molar-refractivity contribution in [2.45, 2.75) is 6.42 Å². The van der Waals surface area contributed by atoms with Crippen molar-refractivity contribution in [3.05, 3.63) is 39.4 Å². The van der Waals surface area contributed by atoms with Gasteiger partial charge in [-0.1, -0.05) is 11.8 Å². The van der Waals surface area contributed by atoms with Gasteiger partial charge in [0.2, 0.25) is 5.91 Å². The fraction of sp³-hybridized carbons (Fsp3) is 0.182. The number of hydrogen-bond donors (Lipinski definition) is 1. The van der Waals surface area contributed by atoms with Gasteiger partial charge in [-0.05, 0) is 6.07 Å². The molecule has 0 aliphatic carbocycles. The van der Waals surface area contributed by atoms with Crippen LogP contribution in [0.1, 0.15) is 22.3 Å². The van der Waals surface area contributed by atoms with E-state index in [9.17, 15) is 14.9 Å². The lowest BCUT2D eigenvalue weighted by Gasteiger charge is -1.98. The van der Waals surface area contributed by atoms with Crippen molar-refractivity contribution in [2.24, 2.45) is 5.73 Å². The van der Waals surface area contributed by atoms with Crippen molar-refractivity contribution < 1.29 is 9.72 Å². The summed E-state index contributed by atoms with van der Waals surface area (Å²) in [5.74, 6) is 5.07. The van der Waals surface area contributed by atoms with Gasteiger partial charge in [0.05, 0.1) is 4.92 Å². The predicted octanol–water partition coefficient (Wildman–Crippen LogP) is 1.67. The van der Waals surface area contributed by atoms with E-state index >= 15 is 0 Å². The Kier molecular flexibility index (Phi) is 4.49. The van der Waals surface area contributed by atoms with Crippen LogP contribution in [0.4, 0.5) is 5.69 Å². The fourth-order valence-corrected chi connectivity index (χ4v) is 1.24. The normalized spacial score (nSPS) is 9.24. The molecular formula is C11H9ClN2O3. The number of rotatable bonds is 3. The summed E-state index contributed by atoms with van der Waals surface area (Å²) in [6.07, 6.45) is 0.468. The van der Waals surface area contributed by atoms with E-state index in [1.54, 1.807) is 0 Å². The number of carbonyl (C=O) groups excluding carboxylic acids is 1. The van der Waals surface area contributed by atoms with E-state index in [2.05, 4.69) is 11.8 Å². The predicted molar refractivity (Wildman–Crippen MR) is 63.8 cm³/mol. The van der Waals surface area contributed by atoms with Gasteiger partial charge in [0, 0.05) is 35.6 Å². The molecule has 0 unspecified atom stereocenters. The average molecular weight is 253 g/mol. The topological polar surface area (TPSA) is 86.2 Å². The van der Waals surface area contributed by atoms with Gasteiger partial charge in [0.25, 0.3) is 5.69 Å². The number of alkyl halides is 1. The highest BCUT2D eigenvalue weighted by Crippen LogP contribution is 2.16. The minimum atomic E-state index is -0.728. The minimum Gasteiger partial charge on any atom is -0.366 e. The Morgan fingerprint density at radius 1 is 1.47 bits per heavy atom. The van der Waals surface area contributed by atoms with E-state index in [4.69, 9.17) is 17.3 Å². The van der Waals surface area contributed by atoms with Gasteiger partial charge in [-0.3, -0.25) is 14.9 Å². The molecule has 0 radical (unpaired) electrons. The highest BCUT2D eigenvalue weighted by molar-refractivity contribution is 6.18. The maximum Gasteiger partial charge on any atom is 0.271 e. The van der Waals surface area contributed by atoms with Crippen LogP contribution in [-0.4, -0.2) is 16.7 Å². The Morgan fingerprint density at radius 3 is 2.71 bits per heavy atom. The molecule has 0 aliphatic rings. The minimum absolute atomic E-state index is 0.0642. The molecule has 2 N–H and O–H groups in total. The summed E-state index contributed by atoms with van der Waals surface area (Å²) in [5.41, 5.74) is 5.30. The van der Waals surface area contributed by atoms with Gasteiger partial charge in [-0.25, -0.2) is 0 Å². The van der Waals surface area contributed by atoms with Crippen molar-refractivity contribution in [1.82, 2.24) is 0 Å². The largest absolute Gasteiger partial charge is 0.366 e. The Labute approximate surface area is 103 Å². The summed E-state index contributed by atoms with van der Waals surface area (Å²) >= 11 is 5.45. The summed E-state index contributed by atoms with van der Waals surface area (Å²) in [6, 6.07) is 3.82. The lowest BCUT2D eigenvalue weighted by atomic mass is 10.1.